The van der Waals surface area contributed by atoms with E-state index >= 15 is 0 Å². The Morgan fingerprint density at radius 1 is 1.20 bits per heavy atom. The van der Waals surface area contributed by atoms with Crippen LogP contribution in [0.2, 0.25) is 0 Å². The minimum Gasteiger partial charge on any atom is -1.00 e. The van der Waals surface area contributed by atoms with Crippen LogP contribution in [0, 0.1) is 0 Å². The number of carbonyl (C=O) groups is 1. The third-order valence-electron chi connectivity index (χ3n) is 3.87. The predicted molar refractivity (Wildman–Crippen MR) is 75.7 cm³/mol. The normalized spacial score (nSPS) is 16.4. The number of hydrogen-bond acceptors (Lipinski definition) is 2. The van der Waals surface area contributed by atoms with Crippen LogP contribution in [0.25, 0.3) is 0 Å². The van der Waals surface area contributed by atoms with Crippen molar-refractivity contribution in [1.29, 1.82) is 0 Å². The van der Waals surface area contributed by atoms with E-state index in [0.717, 1.165) is 30.4 Å². The number of rotatable bonds is 6. The highest BCUT2D eigenvalue weighted by molar-refractivity contribution is 5.70. The van der Waals surface area contributed by atoms with Crippen molar-refractivity contribution in [2.24, 2.45) is 0 Å². The summed E-state index contributed by atoms with van der Waals surface area (Å²) in [7, 11) is 2.15. The van der Waals surface area contributed by atoms with Crippen LogP contribution < -0.4 is 24.0 Å². The molecule has 0 spiro atoms. The van der Waals surface area contributed by atoms with Gasteiger partial charge < -0.3 is 33.2 Å². The van der Waals surface area contributed by atoms with Crippen molar-refractivity contribution in [2.75, 3.05) is 33.3 Å². The van der Waals surface area contributed by atoms with Crippen molar-refractivity contribution >= 4 is 5.97 Å². The molecule has 1 saturated heterocycles. The van der Waals surface area contributed by atoms with Gasteiger partial charge in [-0.15, -0.1) is 0 Å². The van der Waals surface area contributed by atoms with Crippen molar-refractivity contribution in [3.63, 3.8) is 0 Å². The Labute approximate surface area is 138 Å². The maximum absolute atomic E-state index is 11.8. The molecule has 0 unspecified atom stereocenters. The van der Waals surface area contributed by atoms with E-state index in [4.69, 9.17) is 4.74 Å². The van der Waals surface area contributed by atoms with Gasteiger partial charge in [-0.3, -0.25) is 0 Å². The van der Waals surface area contributed by atoms with Crippen LogP contribution in [-0.4, -0.2) is 43.7 Å². The molecule has 4 heteroatoms. The smallest absolute Gasteiger partial charge is 0.361 e. The molecule has 0 atom stereocenters. The van der Waals surface area contributed by atoms with Crippen molar-refractivity contribution < 1.29 is 38.0 Å². The van der Waals surface area contributed by atoms with Crippen LogP contribution in [0.3, 0.4) is 0 Å². The van der Waals surface area contributed by atoms with Gasteiger partial charge in [-0.1, -0.05) is 30.3 Å². The monoisotopic (exact) mass is 389 g/mol. The van der Waals surface area contributed by atoms with Crippen LogP contribution in [0.15, 0.2) is 30.3 Å². The quantitative estimate of drug-likeness (QED) is 0.281. The first kappa shape index (κ1) is 17.4. The molecular weight excluding hydrogens is 365 g/mol. The highest BCUT2D eigenvalue weighted by atomic mass is 127. The Hall–Kier alpha value is -0.620. The fourth-order valence-corrected chi connectivity index (χ4v) is 2.72. The third kappa shape index (κ3) is 5.79. The summed E-state index contributed by atoms with van der Waals surface area (Å²) >= 11 is 0. The van der Waals surface area contributed by atoms with Gasteiger partial charge in [-0.05, 0) is 18.4 Å². The van der Waals surface area contributed by atoms with Crippen LogP contribution in [0.1, 0.15) is 24.8 Å². The molecule has 1 aromatic carbocycles. The molecule has 1 aromatic rings. The SMILES string of the molecule is C[N+]1(CC(=O)OCCCc2ccccc2)CCCC1.[I-]. The van der Waals surface area contributed by atoms with Gasteiger partial charge in [-0.2, -0.15) is 0 Å². The second kappa shape index (κ2) is 8.62. The molecule has 0 radical (unpaired) electrons. The van der Waals surface area contributed by atoms with E-state index < -0.39 is 0 Å². The molecule has 2 rings (SSSR count). The van der Waals surface area contributed by atoms with Gasteiger partial charge in [0.1, 0.15) is 0 Å². The third-order valence-corrected chi connectivity index (χ3v) is 3.87. The maximum Gasteiger partial charge on any atom is 0.361 e. The second-order valence-electron chi connectivity index (χ2n) is 5.74. The Morgan fingerprint density at radius 3 is 2.50 bits per heavy atom. The minimum atomic E-state index is -0.0440. The standard InChI is InChI=1S/C16H24NO2.HI/c1-17(11-5-6-12-17)14-16(18)19-13-7-10-15-8-3-2-4-9-15;/h2-4,8-9H,5-7,10-14H2,1H3;1H/q+1;/p-1. The van der Waals surface area contributed by atoms with Crippen molar-refractivity contribution in [3.05, 3.63) is 35.9 Å². The fourth-order valence-electron chi connectivity index (χ4n) is 2.72. The number of nitrogens with zero attached hydrogens (tertiary/aromatic N) is 1. The first-order valence-electron chi connectivity index (χ1n) is 7.21. The number of benzene rings is 1. The zero-order valence-corrected chi connectivity index (χ0v) is 14.3. The number of aryl methyl sites for hydroxylation is 1. The lowest BCUT2D eigenvalue weighted by atomic mass is 10.1. The Balaban J connectivity index is 0.00000200. The molecule has 0 N–H and O–H groups in total. The van der Waals surface area contributed by atoms with Gasteiger partial charge >= 0.3 is 5.97 Å². The van der Waals surface area contributed by atoms with Crippen molar-refractivity contribution in [3.8, 4) is 0 Å². The maximum atomic E-state index is 11.8. The molecule has 1 aliphatic heterocycles. The van der Waals surface area contributed by atoms with E-state index in [1.165, 1.54) is 18.4 Å². The summed E-state index contributed by atoms with van der Waals surface area (Å²) in [6.07, 6.45) is 4.34. The molecule has 0 aliphatic carbocycles. The molecule has 1 fully saturated rings. The van der Waals surface area contributed by atoms with Crippen molar-refractivity contribution in [1.82, 2.24) is 0 Å². The van der Waals surface area contributed by atoms with E-state index in [1.54, 1.807) is 0 Å². The molecule has 20 heavy (non-hydrogen) atoms. The topological polar surface area (TPSA) is 26.3 Å². The lowest BCUT2D eigenvalue weighted by molar-refractivity contribution is -0.890. The number of esters is 1. The lowest BCUT2D eigenvalue weighted by Gasteiger charge is -2.27. The van der Waals surface area contributed by atoms with Gasteiger partial charge in [-0.25, -0.2) is 4.79 Å². The second-order valence-corrected chi connectivity index (χ2v) is 5.74. The van der Waals surface area contributed by atoms with Gasteiger partial charge in [0.2, 0.25) is 0 Å². The summed E-state index contributed by atoms with van der Waals surface area (Å²) in [5, 5.41) is 0. The Kier molecular flexibility index (Phi) is 7.51. The number of ether oxygens (including phenoxy) is 1. The average Bonchev–Trinajstić information content (AvgIpc) is 2.82. The molecule has 0 bridgehead atoms. The first-order chi connectivity index (χ1) is 9.18. The molecule has 0 saturated carbocycles. The Morgan fingerprint density at radius 2 is 1.85 bits per heavy atom. The molecule has 0 amide bonds. The largest absolute Gasteiger partial charge is 1.00 e. The van der Waals surface area contributed by atoms with E-state index in [0.29, 0.717) is 13.2 Å². The molecule has 0 aromatic heterocycles. The van der Waals surface area contributed by atoms with Gasteiger partial charge in [0.05, 0.1) is 26.7 Å². The minimum absolute atomic E-state index is 0. The average molecular weight is 389 g/mol. The van der Waals surface area contributed by atoms with E-state index in [2.05, 4.69) is 19.2 Å². The summed E-state index contributed by atoms with van der Waals surface area (Å²) in [5.74, 6) is -0.0440. The molecular formula is C16H24INO2. The lowest BCUT2D eigenvalue weighted by Crippen LogP contribution is -3.00. The van der Waals surface area contributed by atoms with Gasteiger partial charge in [0, 0.05) is 12.8 Å². The highest BCUT2D eigenvalue weighted by Crippen LogP contribution is 2.15. The van der Waals surface area contributed by atoms with Crippen LogP contribution in [-0.2, 0) is 16.0 Å². The molecule has 112 valence electrons. The van der Waals surface area contributed by atoms with Crippen molar-refractivity contribution in [2.45, 2.75) is 25.7 Å². The number of hydrogen-bond donors (Lipinski definition) is 0. The van der Waals surface area contributed by atoms with E-state index in [1.807, 2.05) is 18.2 Å². The van der Waals surface area contributed by atoms with Crippen LogP contribution in [0.5, 0.6) is 0 Å². The summed E-state index contributed by atoms with van der Waals surface area (Å²) in [6.45, 7) is 3.29. The Bertz CT molecular complexity index is 402. The van der Waals surface area contributed by atoms with Crippen LogP contribution in [0.4, 0.5) is 0 Å². The first-order valence-corrected chi connectivity index (χ1v) is 7.21. The summed E-state index contributed by atoms with van der Waals surface area (Å²) in [6, 6.07) is 10.3. The summed E-state index contributed by atoms with van der Waals surface area (Å²) < 4.78 is 6.19. The van der Waals surface area contributed by atoms with Crippen LogP contribution >= 0.6 is 0 Å². The zero-order valence-electron chi connectivity index (χ0n) is 12.2. The predicted octanol–water partition coefficient (Wildman–Crippen LogP) is -0.593. The molecule has 1 heterocycles. The van der Waals surface area contributed by atoms with E-state index in [-0.39, 0.29) is 29.9 Å². The van der Waals surface area contributed by atoms with E-state index in [9.17, 15) is 4.79 Å². The van der Waals surface area contributed by atoms with Gasteiger partial charge in [0.25, 0.3) is 0 Å². The summed E-state index contributed by atoms with van der Waals surface area (Å²) in [4.78, 5) is 11.8. The number of halogens is 1. The highest BCUT2D eigenvalue weighted by Gasteiger charge is 2.30. The number of likely N-dealkylation sites (N-methyl/N-ethyl adjacent to an activating group) is 1. The number of likely N-dealkylation sites (tertiary alicyclic amines) is 1. The van der Waals surface area contributed by atoms with Gasteiger partial charge in [0.15, 0.2) is 6.54 Å². The number of quaternary nitrogens is 1. The summed E-state index contributed by atoms with van der Waals surface area (Å²) in [5.41, 5.74) is 1.30. The molecule has 1 aliphatic rings. The molecule has 3 nitrogen and oxygen atoms in total. The fraction of sp³-hybridized carbons (Fsp3) is 0.562. The number of carbonyl (C=O) groups excluding carboxylic acids is 1. The zero-order chi connectivity index (χ0) is 13.6.